The van der Waals surface area contributed by atoms with Crippen LogP contribution in [0.5, 0.6) is 0 Å². The van der Waals surface area contributed by atoms with Crippen molar-refractivity contribution < 1.29 is 17.6 Å². The van der Waals surface area contributed by atoms with Gasteiger partial charge in [0.15, 0.2) is 0 Å². The van der Waals surface area contributed by atoms with Crippen LogP contribution in [0.25, 0.3) is 0 Å². The molecule has 0 bridgehead atoms. The predicted molar refractivity (Wildman–Crippen MR) is 116 cm³/mol. The molecular weight excluding hydrogens is 403 g/mol. The third-order valence-electron chi connectivity index (χ3n) is 4.75. The zero-order valence-corrected chi connectivity index (χ0v) is 17.6. The highest BCUT2D eigenvalue weighted by Gasteiger charge is 2.25. The van der Waals surface area contributed by atoms with Crippen molar-refractivity contribution in [2.24, 2.45) is 0 Å². The maximum Gasteiger partial charge on any atom is 0.241 e. The van der Waals surface area contributed by atoms with Crippen LogP contribution in [0.3, 0.4) is 0 Å². The van der Waals surface area contributed by atoms with Gasteiger partial charge in [-0.05, 0) is 35.7 Å². The normalized spacial score (nSPS) is 12.2. The topological polar surface area (TPSA) is 66.5 Å². The van der Waals surface area contributed by atoms with Crippen molar-refractivity contribution in [3.05, 3.63) is 101 Å². The molecule has 0 aliphatic heterocycles. The van der Waals surface area contributed by atoms with E-state index in [9.17, 15) is 17.6 Å². The molecular formula is C23H23FN2O3S. The molecule has 3 aromatic rings. The molecule has 5 nitrogen and oxygen atoms in total. The second-order valence-corrected chi connectivity index (χ2v) is 8.90. The van der Waals surface area contributed by atoms with E-state index in [1.54, 1.807) is 0 Å². The van der Waals surface area contributed by atoms with Gasteiger partial charge < -0.3 is 5.32 Å². The van der Waals surface area contributed by atoms with Gasteiger partial charge >= 0.3 is 0 Å². The van der Waals surface area contributed by atoms with Crippen LogP contribution in [0, 0.1) is 12.7 Å². The Morgan fingerprint density at radius 1 is 0.967 bits per heavy atom. The van der Waals surface area contributed by atoms with E-state index >= 15 is 0 Å². The van der Waals surface area contributed by atoms with E-state index in [0.717, 1.165) is 33.3 Å². The minimum Gasteiger partial charge on any atom is -0.344 e. The molecule has 0 heterocycles. The Hall–Kier alpha value is -3.19. The van der Waals surface area contributed by atoms with Crippen LogP contribution in [0.15, 0.2) is 78.9 Å². The molecule has 0 unspecified atom stereocenters. The number of hydrogen-bond acceptors (Lipinski definition) is 3. The van der Waals surface area contributed by atoms with Gasteiger partial charge in [0.2, 0.25) is 15.9 Å². The van der Waals surface area contributed by atoms with Crippen LogP contribution in [-0.2, 0) is 14.8 Å². The van der Waals surface area contributed by atoms with Gasteiger partial charge in [-0.25, -0.2) is 12.8 Å². The first kappa shape index (κ1) is 21.5. The fraction of sp³-hybridized carbons (Fsp3) is 0.174. The number of rotatable bonds is 7. The summed E-state index contributed by atoms with van der Waals surface area (Å²) >= 11 is 0. The van der Waals surface area contributed by atoms with Crippen LogP contribution in [0.1, 0.15) is 22.7 Å². The van der Waals surface area contributed by atoms with Gasteiger partial charge in [0, 0.05) is 0 Å². The maximum absolute atomic E-state index is 14.2. The molecule has 0 spiro atoms. The summed E-state index contributed by atoms with van der Waals surface area (Å²) in [4.78, 5) is 12.9. The second-order valence-electron chi connectivity index (χ2n) is 6.99. The molecule has 0 radical (unpaired) electrons. The van der Waals surface area contributed by atoms with Gasteiger partial charge in [0.1, 0.15) is 12.4 Å². The highest BCUT2D eigenvalue weighted by molar-refractivity contribution is 7.92. The van der Waals surface area contributed by atoms with E-state index in [2.05, 4.69) is 5.32 Å². The molecule has 7 heteroatoms. The summed E-state index contributed by atoms with van der Waals surface area (Å²) in [6.45, 7) is 1.41. The van der Waals surface area contributed by atoms with E-state index in [0.29, 0.717) is 0 Å². The Bertz CT molecular complexity index is 1130. The summed E-state index contributed by atoms with van der Waals surface area (Å²) in [6.07, 6.45) is 0.947. The lowest BCUT2D eigenvalue weighted by Gasteiger charge is -2.25. The Morgan fingerprint density at radius 3 is 2.20 bits per heavy atom. The van der Waals surface area contributed by atoms with Crippen molar-refractivity contribution in [3.8, 4) is 0 Å². The molecule has 0 saturated carbocycles. The minimum absolute atomic E-state index is 0.165. The second kappa shape index (κ2) is 9.09. The third kappa shape index (κ3) is 5.04. The van der Waals surface area contributed by atoms with E-state index in [1.165, 1.54) is 18.2 Å². The molecule has 3 rings (SSSR count). The fourth-order valence-electron chi connectivity index (χ4n) is 3.27. The Labute approximate surface area is 176 Å². The highest BCUT2D eigenvalue weighted by atomic mass is 32.2. The summed E-state index contributed by atoms with van der Waals surface area (Å²) in [5.41, 5.74) is 2.58. The van der Waals surface area contributed by atoms with Crippen LogP contribution >= 0.6 is 0 Å². The van der Waals surface area contributed by atoms with E-state index in [-0.39, 0.29) is 5.69 Å². The molecule has 0 fully saturated rings. The fourth-order valence-corrected chi connectivity index (χ4v) is 4.13. The number of amides is 1. The van der Waals surface area contributed by atoms with E-state index in [1.807, 2.05) is 61.5 Å². The monoisotopic (exact) mass is 426 g/mol. The average molecular weight is 427 g/mol. The zero-order chi connectivity index (χ0) is 21.7. The Morgan fingerprint density at radius 2 is 1.57 bits per heavy atom. The molecule has 1 amide bonds. The SMILES string of the molecule is Cc1ccccc1[C@@H](NC(=O)CN(c1ccccc1F)S(C)(=O)=O)c1ccccc1. The number of sulfonamides is 1. The van der Waals surface area contributed by atoms with Crippen LogP contribution < -0.4 is 9.62 Å². The first-order valence-corrected chi connectivity index (χ1v) is 11.2. The number of carbonyl (C=O) groups excluding carboxylic acids is 1. The minimum atomic E-state index is -3.88. The lowest BCUT2D eigenvalue weighted by molar-refractivity contribution is -0.120. The summed E-state index contributed by atoms with van der Waals surface area (Å²) < 4.78 is 39.6. The van der Waals surface area contributed by atoms with Crippen LogP contribution in [-0.4, -0.2) is 27.1 Å². The van der Waals surface area contributed by atoms with Crippen molar-refractivity contribution >= 4 is 21.6 Å². The number of benzene rings is 3. The number of aryl methyl sites for hydroxylation is 1. The average Bonchev–Trinajstić information content (AvgIpc) is 2.71. The smallest absolute Gasteiger partial charge is 0.241 e. The quantitative estimate of drug-likeness (QED) is 0.625. The molecule has 156 valence electrons. The maximum atomic E-state index is 14.2. The molecule has 1 N–H and O–H groups in total. The summed E-state index contributed by atoms with van der Waals surface area (Å²) in [6, 6.07) is 22.1. The lowest BCUT2D eigenvalue weighted by Crippen LogP contribution is -2.42. The van der Waals surface area contributed by atoms with Gasteiger partial charge in [-0.3, -0.25) is 9.10 Å². The number of hydrogen-bond donors (Lipinski definition) is 1. The standard InChI is InChI=1S/C23H23FN2O3S/c1-17-10-6-7-13-19(17)23(18-11-4-3-5-12-18)25-22(27)16-26(30(2,28)29)21-15-9-8-14-20(21)24/h3-15,23H,16H2,1-2H3,(H,25,27)/t23-/m0/s1. The molecule has 0 aliphatic rings. The number of para-hydroxylation sites is 1. The Balaban J connectivity index is 1.92. The number of carbonyl (C=O) groups is 1. The van der Waals surface area contributed by atoms with Crippen LogP contribution in [0.4, 0.5) is 10.1 Å². The summed E-state index contributed by atoms with van der Waals surface area (Å²) in [5.74, 6) is -1.25. The third-order valence-corrected chi connectivity index (χ3v) is 5.87. The van der Waals surface area contributed by atoms with Crippen molar-refractivity contribution in [3.63, 3.8) is 0 Å². The molecule has 30 heavy (non-hydrogen) atoms. The first-order valence-electron chi connectivity index (χ1n) is 9.39. The first-order chi connectivity index (χ1) is 14.3. The van der Waals surface area contributed by atoms with E-state index in [4.69, 9.17) is 0 Å². The van der Waals surface area contributed by atoms with Gasteiger partial charge in [0.25, 0.3) is 0 Å². The molecule has 0 aliphatic carbocycles. The van der Waals surface area contributed by atoms with Gasteiger partial charge in [-0.15, -0.1) is 0 Å². The largest absolute Gasteiger partial charge is 0.344 e. The Kier molecular flexibility index (Phi) is 6.52. The van der Waals surface area contributed by atoms with Crippen molar-refractivity contribution in [2.45, 2.75) is 13.0 Å². The highest BCUT2D eigenvalue weighted by Crippen LogP contribution is 2.26. The number of nitrogens with zero attached hydrogens (tertiary/aromatic N) is 1. The van der Waals surface area contributed by atoms with Crippen LogP contribution in [0.2, 0.25) is 0 Å². The molecule has 0 saturated heterocycles. The van der Waals surface area contributed by atoms with Gasteiger partial charge in [-0.2, -0.15) is 0 Å². The summed E-state index contributed by atoms with van der Waals surface area (Å²) in [7, 11) is -3.88. The number of nitrogens with one attached hydrogen (secondary N) is 1. The van der Waals surface area contributed by atoms with Crippen molar-refractivity contribution in [2.75, 3.05) is 17.1 Å². The zero-order valence-electron chi connectivity index (χ0n) is 16.7. The number of halogens is 1. The van der Waals surface area contributed by atoms with E-state index < -0.39 is 34.3 Å². The van der Waals surface area contributed by atoms with Crippen molar-refractivity contribution in [1.82, 2.24) is 5.32 Å². The predicted octanol–water partition coefficient (Wildman–Crippen LogP) is 3.81. The van der Waals surface area contributed by atoms with Crippen molar-refractivity contribution in [1.29, 1.82) is 0 Å². The molecule has 0 aromatic heterocycles. The molecule has 1 atom stereocenters. The van der Waals surface area contributed by atoms with Gasteiger partial charge in [0.05, 0.1) is 18.0 Å². The summed E-state index contributed by atoms with van der Waals surface area (Å²) in [5, 5.41) is 2.91. The molecule has 3 aromatic carbocycles. The lowest BCUT2D eigenvalue weighted by atomic mass is 9.95. The number of anilines is 1. The van der Waals surface area contributed by atoms with Gasteiger partial charge in [-0.1, -0.05) is 66.7 Å².